The van der Waals surface area contributed by atoms with Crippen LogP contribution in [0.15, 0.2) is 18.2 Å². The lowest BCUT2D eigenvalue weighted by atomic mass is 9.86. The normalized spacial score (nSPS) is 20.4. The number of nitrogens with one attached hydrogen (secondary N) is 1. The highest BCUT2D eigenvalue weighted by Crippen LogP contribution is 2.25. The topological polar surface area (TPSA) is 55.1 Å². The molecule has 1 aliphatic carbocycles. The first-order valence-corrected chi connectivity index (χ1v) is 7.09. The summed E-state index contributed by atoms with van der Waals surface area (Å²) in [6, 6.07) is 2.76. The van der Waals surface area contributed by atoms with Crippen LogP contribution < -0.4 is 11.1 Å². The van der Waals surface area contributed by atoms with E-state index in [9.17, 15) is 18.0 Å². The number of rotatable bonds is 4. The average Bonchev–Trinajstić information content (AvgIpc) is 2.48. The fourth-order valence-electron chi connectivity index (χ4n) is 2.66. The third-order valence-electron chi connectivity index (χ3n) is 4.00. The van der Waals surface area contributed by atoms with E-state index in [1.54, 1.807) is 0 Å². The first-order chi connectivity index (χ1) is 10.0. The van der Waals surface area contributed by atoms with Crippen LogP contribution in [0.4, 0.5) is 13.2 Å². The minimum absolute atomic E-state index is 0. The van der Waals surface area contributed by atoms with Gasteiger partial charge in [0.15, 0.2) is 0 Å². The van der Waals surface area contributed by atoms with Crippen LogP contribution >= 0.6 is 24.8 Å². The standard InChI is InChI=1S/C15H19F3N2O.2ClH/c16-13-6-3-10(14(17)18)7-12(13)15(21)20-11-4-1-9(8-19)2-5-11;;/h3,6-7,9,11,14H,1-2,4-5,8,19H2,(H,20,21);2*1H. The fourth-order valence-corrected chi connectivity index (χ4v) is 2.66. The Morgan fingerprint density at radius 1 is 1.22 bits per heavy atom. The number of carbonyl (C=O) groups is 1. The highest BCUT2D eigenvalue weighted by atomic mass is 35.5. The second kappa shape index (κ2) is 10.0. The Labute approximate surface area is 146 Å². The van der Waals surface area contributed by atoms with Gasteiger partial charge in [-0.3, -0.25) is 4.79 Å². The fraction of sp³-hybridized carbons (Fsp3) is 0.533. The van der Waals surface area contributed by atoms with Crippen molar-refractivity contribution >= 4 is 30.7 Å². The SMILES string of the molecule is Cl.Cl.NCC1CCC(NC(=O)c2cc(C(F)F)ccc2F)CC1. The Kier molecular flexibility index (Phi) is 9.58. The highest BCUT2D eigenvalue weighted by Gasteiger charge is 2.23. The van der Waals surface area contributed by atoms with Gasteiger partial charge in [0.25, 0.3) is 12.3 Å². The zero-order valence-electron chi connectivity index (χ0n) is 12.4. The molecule has 1 fully saturated rings. The van der Waals surface area contributed by atoms with Crippen LogP contribution in [0.1, 0.15) is 48.0 Å². The zero-order valence-corrected chi connectivity index (χ0v) is 14.1. The quantitative estimate of drug-likeness (QED) is 0.842. The summed E-state index contributed by atoms with van der Waals surface area (Å²) in [7, 11) is 0. The highest BCUT2D eigenvalue weighted by molar-refractivity contribution is 5.94. The molecule has 0 saturated heterocycles. The molecule has 0 bridgehead atoms. The summed E-state index contributed by atoms with van der Waals surface area (Å²) in [5.74, 6) is -0.948. The molecule has 1 amide bonds. The molecule has 0 spiro atoms. The molecule has 0 unspecified atom stereocenters. The Balaban J connectivity index is 0.00000242. The molecule has 23 heavy (non-hydrogen) atoms. The van der Waals surface area contributed by atoms with E-state index in [2.05, 4.69) is 5.32 Å². The number of nitrogens with two attached hydrogens (primary N) is 1. The van der Waals surface area contributed by atoms with Crippen molar-refractivity contribution in [2.24, 2.45) is 11.7 Å². The molecule has 2 rings (SSSR count). The molecule has 1 saturated carbocycles. The molecule has 132 valence electrons. The smallest absolute Gasteiger partial charge is 0.263 e. The van der Waals surface area contributed by atoms with Gasteiger partial charge in [-0.1, -0.05) is 6.07 Å². The van der Waals surface area contributed by atoms with Crippen molar-refractivity contribution in [3.8, 4) is 0 Å². The van der Waals surface area contributed by atoms with Gasteiger partial charge in [0.1, 0.15) is 5.82 Å². The Bertz CT molecular complexity index is 509. The lowest BCUT2D eigenvalue weighted by Crippen LogP contribution is -2.39. The van der Waals surface area contributed by atoms with E-state index in [1.807, 2.05) is 0 Å². The molecule has 1 aromatic carbocycles. The monoisotopic (exact) mass is 372 g/mol. The minimum Gasteiger partial charge on any atom is -0.349 e. The maximum absolute atomic E-state index is 13.6. The Morgan fingerprint density at radius 3 is 2.35 bits per heavy atom. The van der Waals surface area contributed by atoms with E-state index in [-0.39, 0.29) is 42.0 Å². The lowest BCUT2D eigenvalue weighted by molar-refractivity contribution is 0.0917. The number of halogens is 5. The third-order valence-corrected chi connectivity index (χ3v) is 4.00. The van der Waals surface area contributed by atoms with E-state index >= 15 is 0 Å². The summed E-state index contributed by atoms with van der Waals surface area (Å²) in [5, 5.41) is 2.72. The van der Waals surface area contributed by atoms with Gasteiger partial charge in [0.2, 0.25) is 0 Å². The Morgan fingerprint density at radius 2 is 1.83 bits per heavy atom. The first-order valence-electron chi connectivity index (χ1n) is 7.09. The molecule has 0 atom stereocenters. The molecule has 0 aromatic heterocycles. The summed E-state index contributed by atoms with van der Waals surface area (Å²) in [5.41, 5.74) is 4.92. The van der Waals surface area contributed by atoms with E-state index in [1.165, 1.54) is 0 Å². The number of benzene rings is 1. The van der Waals surface area contributed by atoms with Gasteiger partial charge in [0, 0.05) is 11.6 Å². The molecule has 0 heterocycles. The Hall–Kier alpha value is -0.980. The molecule has 1 aliphatic rings. The minimum atomic E-state index is -2.72. The summed E-state index contributed by atoms with van der Waals surface area (Å²) in [6.45, 7) is 0.631. The first kappa shape index (κ1) is 22.0. The summed E-state index contributed by atoms with van der Waals surface area (Å²) >= 11 is 0. The molecule has 8 heteroatoms. The van der Waals surface area contributed by atoms with E-state index in [4.69, 9.17) is 5.73 Å². The molecule has 3 N–H and O–H groups in total. The van der Waals surface area contributed by atoms with Gasteiger partial charge in [-0.2, -0.15) is 0 Å². The number of carbonyl (C=O) groups excluding carboxylic acids is 1. The van der Waals surface area contributed by atoms with Gasteiger partial charge < -0.3 is 11.1 Å². The van der Waals surface area contributed by atoms with Crippen LogP contribution in [0.5, 0.6) is 0 Å². The molecule has 0 radical (unpaired) electrons. The largest absolute Gasteiger partial charge is 0.349 e. The van der Waals surface area contributed by atoms with Gasteiger partial charge in [-0.15, -0.1) is 24.8 Å². The molecule has 3 nitrogen and oxygen atoms in total. The van der Waals surface area contributed by atoms with Crippen LogP contribution in [-0.2, 0) is 0 Å². The summed E-state index contributed by atoms with van der Waals surface area (Å²) in [4.78, 5) is 12.0. The van der Waals surface area contributed by atoms with Crippen molar-refractivity contribution in [1.29, 1.82) is 0 Å². The van der Waals surface area contributed by atoms with Gasteiger partial charge >= 0.3 is 0 Å². The predicted molar refractivity (Wildman–Crippen MR) is 88.1 cm³/mol. The van der Waals surface area contributed by atoms with Crippen LogP contribution in [0.25, 0.3) is 0 Å². The van der Waals surface area contributed by atoms with E-state index in [0.29, 0.717) is 12.5 Å². The van der Waals surface area contributed by atoms with Crippen LogP contribution in [0, 0.1) is 11.7 Å². The molecular formula is C15H21Cl2F3N2O. The number of hydrogen-bond acceptors (Lipinski definition) is 2. The van der Waals surface area contributed by atoms with Crippen molar-refractivity contribution < 1.29 is 18.0 Å². The van der Waals surface area contributed by atoms with Crippen LogP contribution in [0.2, 0.25) is 0 Å². The average molecular weight is 373 g/mol. The van der Waals surface area contributed by atoms with Crippen LogP contribution in [0.3, 0.4) is 0 Å². The van der Waals surface area contributed by atoms with Gasteiger partial charge in [0.05, 0.1) is 5.56 Å². The number of hydrogen-bond donors (Lipinski definition) is 2. The number of amides is 1. The summed E-state index contributed by atoms with van der Waals surface area (Å²) < 4.78 is 38.9. The molecule has 0 aliphatic heterocycles. The number of alkyl halides is 2. The maximum atomic E-state index is 13.6. The summed E-state index contributed by atoms with van der Waals surface area (Å²) in [6.07, 6.45) is 0.673. The third kappa shape index (κ3) is 5.86. The van der Waals surface area contributed by atoms with Gasteiger partial charge in [-0.05, 0) is 50.3 Å². The van der Waals surface area contributed by atoms with Crippen molar-refractivity contribution in [2.45, 2.75) is 38.2 Å². The second-order valence-corrected chi connectivity index (χ2v) is 5.47. The van der Waals surface area contributed by atoms with Gasteiger partial charge in [-0.25, -0.2) is 13.2 Å². The lowest BCUT2D eigenvalue weighted by Gasteiger charge is -2.28. The maximum Gasteiger partial charge on any atom is 0.263 e. The van der Waals surface area contributed by atoms with E-state index in [0.717, 1.165) is 43.9 Å². The van der Waals surface area contributed by atoms with Crippen molar-refractivity contribution in [1.82, 2.24) is 5.32 Å². The predicted octanol–water partition coefficient (Wildman–Crippen LogP) is 3.85. The second-order valence-electron chi connectivity index (χ2n) is 5.47. The molecular weight excluding hydrogens is 352 g/mol. The molecule has 1 aromatic rings. The van der Waals surface area contributed by atoms with Crippen molar-refractivity contribution in [3.05, 3.63) is 35.1 Å². The van der Waals surface area contributed by atoms with Crippen LogP contribution in [-0.4, -0.2) is 18.5 Å². The van der Waals surface area contributed by atoms with Crippen molar-refractivity contribution in [2.75, 3.05) is 6.54 Å². The van der Waals surface area contributed by atoms with Crippen molar-refractivity contribution in [3.63, 3.8) is 0 Å². The van der Waals surface area contributed by atoms with E-state index < -0.39 is 18.1 Å². The zero-order chi connectivity index (χ0) is 15.4.